The average Bonchev–Trinajstić information content (AvgIpc) is 2.47. The fourth-order valence-corrected chi connectivity index (χ4v) is 2.56. The molecule has 116 valence electrons. The quantitative estimate of drug-likeness (QED) is 0.599. The Bertz CT molecular complexity index is 488. The van der Waals surface area contributed by atoms with Crippen LogP contribution in [0.4, 0.5) is 11.8 Å². The summed E-state index contributed by atoms with van der Waals surface area (Å²) in [6, 6.07) is 1.93. The Hall–Kier alpha value is -1.96. The van der Waals surface area contributed by atoms with E-state index in [9.17, 15) is 10.1 Å². The van der Waals surface area contributed by atoms with Crippen molar-refractivity contribution in [3.05, 3.63) is 21.9 Å². The van der Waals surface area contributed by atoms with Crippen molar-refractivity contribution in [3.8, 4) is 0 Å². The number of nitrogens with one attached hydrogen (secondary N) is 1. The number of anilines is 2. The molecular formula is C13H22N6O2. The van der Waals surface area contributed by atoms with E-state index < -0.39 is 5.03 Å². The Balaban J connectivity index is 2.17. The maximum atomic E-state index is 10.6. The molecule has 8 heteroatoms. The highest BCUT2D eigenvalue weighted by atomic mass is 16.7. The normalized spacial score (nSPS) is 16.0. The number of hydrogen-bond donors (Lipinski definition) is 2. The van der Waals surface area contributed by atoms with Gasteiger partial charge >= 0.3 is 0 Å². The van der Waals surface area contributed by atoms with E-state index in [-0.39, 0.29) is 5.95 Å². The first-order valence-electron chi connectivity index (χ1n) is 7.36. The van der Waals surface area contributed by atoms with Crippen LogP contribution in [0.25, 0.3) is 0 Å². The summed E-state index contributed by atoms with van der Waals surface area (Å²) in [6.45, 7) is 4.52. The van der Waals surface area contributed by atoms with Gasteiger partial charge in [0.2, 0.25) is 0 Å². The first-order chi connectivity index (χ1) is 10.1. The van der Waals surface area contributed by atoms with Gasteiger partial charge in [-0.2, -0.15) is 4.98 Å². The van der Waals surface area contributed by atoms with Gasteiger partial charge in [-0.1, -0.05) is 18.8 Å². The highest BCUT2D eigenvalue weighted by Crippen LogP contribution is 2.23. The van der Waals surface area contributed by atoms with Gasteiger partial charge in [-0.15, -0.1) is 0 Å². The lowest BCUT2D eigenvalue weighted by molar-refractivity contribution is -0.446. The Kier molecular flexibility index (Phi) is 5.26. The lowest BCUT2D eigenvalue weighted by Gasteiger charge is -2.32. The van der Waals surface area contributed by atoms with Gasteiger partial charge in [0.05, 0.1) is 0 Å². The number of nitro groups is 1. The minimum absolute atomic E-state index is 0.0573. The van der Waals surface area contributed by atoms with Crippen LogP contribution in [0.15, 0.2) is 6.07 Å². The van der Waals surface area contributed by atoms with Crippen molar-refractivity contribution < 1.29 is 5.03 Å². The van der Waals surface area contributed by atoms with Crippen LogP contribution in [0.1, 0.15) is 31.9 Å². The van der Waals surface area contributed by atoms with E-state index in [2.05, 4.69) is 27.2 Å². The summed E-state index contributed by atoms with van der Waals surface area (Å²) >= 11 is 0. The largest absolute Gasteiger partial charge is 0.356 e. The van der Waals surface area contributed by atoms with Crippen molar-refractivity contribution >= 4 is 11.8 Å². The molecule has 0 atom stereocenters. The highest BCUT2D eigenvalue weighted by Gasteiger charge is 2.20. The number of hydrazine groups is 1. The molecule has 1 aliphatic rings. The van der Waals surface area contributed by atoms with E-state index in [0.717, 1.165) is 50.3 Å². The van der Waals surface area contributed by atoms with Crippen LogP contribution in [-0.4, -0.2) is 34.6 Å². The minimum atomic E-state index is -0.629. The van der Waals surface area contributed by atoms with Crippen molar-refractivity contribution in [3.63, 3.8) is 0 Å². The van der Waals surface area contributed by atoms with Crippen LogP contribution in [0.5, 0.6) is 0 Å². The number of nitrogens with two attached hydrogens (primary N) is 1. The molecule has 0 aliphatic carbocycles. The van der Waals surface area contributed by atoms with Crippen LogP contribution < -0.4 is 16.1 Å². The summed E-state index contributed by atoms with van der Waals surface area (Å²) in [5, 5.41) is 9.96. The molecule has 1 aromatic heterocycles. The average molecular weight is 294 g/mol. The SMILES string of the molecule is CCCc1cc(N2CCC(CN)CC2)nc(N[N+](=O)[O-])n1. The smallest absolute Gasteiger partial charge is 0.287 e. The Labute approximate surface area is 123 Å². The predicted molar refractivity (Wildman–Crippen MR) is 80.6 cm³/mol. The molecule has 0 radical (unpaired) electrons. The molecule has 1 saturated heterocycles. The van der Waals surface area contributed by atoms with E-state index in [1.807, 2.05) is 6.07 Å². The van der Waals surface area contributed by atoms with Gasteiger partial charge in [0.15, 0.2) is 5.03 Å². The molecule has 21 heavy (non-hydrogen) atoms. The van der Waals surface area contributed by atoms with E-state index in [1.165, 1.54) is 0 Å². The number of rotatable bonds is 6. The fourth-order valence-electron chi connectivity index (χ4n) is 2.56. The molecule has 1 aromatic rings. The van der Waals surface area contributed by atoms with E-state index in [1.54, 1.807) is 0 Å². The zero-order valence-corrected chi connectivity index (χ0v) is 12.3. The van der Waals surface area contributed by atoms with Gasteiger partial charge in [-0.05, 0) is 31.7 Å². The molecule has 0 unspecified atom stereocenters. The molecule has 1 fully saturated rings. The topological polar surface area (TPSA) is 110 Å². The number of aryl methyl sites for hydroxylation is 1. The van der Waals surface area contributed by atoms with Crippen molar-refractivity contribution in [1.29, 1.82) is 0 Å². The summed E-state index contributed by atoms with van der Waals surface area (Å²) in [7, 11) is 0. The third-order valence-corrected chi connectivity index (χ3v) is 3.73. The van der Waals surface area contributed by atoms with Gasteiger partial charge < -0.3 is 10.6 Å². The number of nitrogens with zero attached hydrogens (tertiary/aromatic N) is 4. The van der Waals surface area contributed by atoms with Crippen molar-refractivity contribution in [2.24, 2.45) is 11.7 Å². The minimum Gasteiger partial charge on any atom is -0.356 e. The Morgan fingerprint density at radius 3 is 2.76 bits per heavy atom. The van der Waals surface area contributed by atoms with Crippen LogP contribution in [-0.2, 0) is 6.42 Å². The predicted octanol–water partition coefficient (Wildman–Crippen LogP) is 1.21. The van der Waals surface area contributed by atoms with Crippen molar-refractivity contribution in [2.45, 2.75) is 32.6 Å². The summed E-state index contributed by atoms with van der Waals surface area (Å²) in [6.07, 6.45) is 3.77. The third kappa shape index (κ3) is 4.25. The van der Waals surface area contributed by atoms with Gasteiger partial charge in [0.25, 0.3) is 5.95 Å². The standard InChI is InChI=1S/C13H22N6O2/c1-2-3-11-8-12(16-13(15-11)17-19(20)21)18-6-4-10(9-14)5-7-18/h8,10H,2-7,9,14H2,1H3,(H,15,16,17). The van der Waals surface area contributed by atoms with Crippen LogP contribution in [0.2, 0.25) is 0 Å². The lowest BCUT2D eigenvalue weighted by atomic mass is 9.97. The van der Waals surface area contributed by atoms with Crippen LogP contribution >= 0.6 is 0 Å². The molecule has 2 rings (SSSR count). The van der Waals surface area contributed by atoms with Gasteiger partial charge in [-0.25, -0.2) is 15.1 Å². The van der Waals surface area contributed by atoms with E-state index in [4.69, 9.17) is 5.73 Å². The van der Waals surface area contributed by atoms with Gasteiger partial charge in [-0.3, -0.25) is 0 Å². The maximum Gasteiger partial charge on any atom is 0.287 e. The molecule has 8 nitrogen and oxygen atoms in total. The zero-order chi connectivity index (χ0) is 15.2. The fraction of sp³-hybridized carbons (Fsp3) is 0.692. The summed E-state index contributed by atoms with van der Waals surface area (Å²) in [4.78, 5) is 21.2. The number of piperidine rings is 1. The summed E-state index contributed by atoms with van der Waals surface area (Å²) in [5.41, 5.74) is 8.58. The first kappa shape index (κ1) is 15.4. The third-order valence-electron chi connectivity index (χ3n) is 3.73. The van der Waals surface area contributed by atoms with E-state index >= 15 is 0 Å². The molecule has 3 N–H and O–H groups in total. The molecule has 0 aromatic carbocycles. The van der Waals surface area contributed by atoms with Crippen LogP contribution in [0.3, 0.4) is 0 Å². The van der Waals surface area contributed by atoms with E-state index in [0.29, 0.717) is 12.5 Å². The second-order valence-electron chi connectivity index (χ2n) is 5.33. The Morgan fingerprint density at radius 2 is 2.19 bits per heavy atom. The second-order valence-corrected chi connectivity index (χ2v) is 5.33. The molecule has 0 bridgehead atoms. The maximum absolute atomic E-state index is 10.6. The molecule has 1 aliphatic heterocycles. The van der Waals surface area contributed by atoms with Gasteiger partial charge in [0, 0.05) is 24.8 Å². The molecule has 0 spiro atoms. The van der Waals surface area contributed by atoms with Crippen LogP contribution in [0, 0.1) is 16.0 Å². The number of hydrogen-bond acceptors (Lipinski definition) is 6. The molecule has 2 heterocycles. The van der Waals surface area contributed by atoms with Gasteiger partial charge in [0.1, 0.15) is 5.82 Å². The van der Waals surface area contributed by atoms with Crippen molar-refractivity contribution in [2.75, 3.05) is 30.0 Å². The lowest BCUT2D eigenvalue weighted by Crippen LogP contribution is -2.36. The molecule has 0 saturated carbocycles. The van der Waals surface area contributed by atoms with Crippen molar-refractivity contribution in [1.82, 2.24) is 9.97 Å². The Morgan fingerprint density at radius 1 is 1.48 bits per heavy atom. The number of aromatic nitrogens is 2. The summed E-state index contributed by atoms with van der Waals surface area (Å²) in [5.74, 6) is 1.38. The highest BCUT2D eigenvalue weighted by molar-refractivity contribution is 5.44. The first-order valence-corrected chi connectivity index (χ1v) is 7.36. The monoisotopic (exact) mass is 294 g/mol. The molecular weight excluding hydrogens is 272 g/mol. The molecule has 0 amide bonds. The second kappa shape index (κ2) is 7.16. The zero-order valence-electron chi connectivity index (χ0n) is 12.3. The summed E-state index contributed by atoms with van der Waals surface area (Å²) < 4.78 is 0.